The third-order valence-electron chi connectivity index (χ3n) is 15.2. The van der Waals surface area contributed by atoms with Crippen LogP contribution in [0.25, 0.3) is 0 Å². The molecule has 0 N–H and O–H groups in total. The molecular weight excluding hydrogens is 913 g/mol. The first-order chi connectivity index (χ1) is 36.5. The number of ether oxygens (including phenoxy) is 3. The van der Waals surface area contributed by atoms with E-state index < -0.39 is 6.10 Å². The van der Waals surface area contributed by atoms with Crippen LogP contribution in [-0.2, 0) is 28.6 Å². The van der Waals surface area contributed by atoms with Gasteiger partial charge in [0.2, 0.25) is 0 Å². The smallest absolute Gasteiger partial charge is 0.306 e. The summed E-state index contributed by atoms with van der Waals surface area (Å²) in [5, 5.41) is 0. The van der Waals surface area contributed by atoms with E-state index in [-0.39, 0.29) is 31.1 Å². The zero-order valence-corrected chi connectivity index (χ0v) is 50.1. The number of esters is 3. The van der Waals surface area contributed by atoms with Crippen molar-refractivity contribution in [2.45, 2.75) is 380 Å². The Bertz CT molecular complexity index is 1190. The molecule has 0 bridgehead atoms. The summed E-state index contributed by atoms with van der Waals surface area (Å²) in [4.78, 5) is 38.3. The van der Waals surface area contributed by atoms with Crippen molar-refractivity contribution in [3.05, 3.63) is 24.3 Å². The molecule has 0 aromatic rings. The van der Waals surface area contributed by atoms with Gasteiger partial charge in [0, 0.05) is 19.3 Å². The quantitative estimate of drug-likeness (QED) is 0.0261. The van der Waals surface area contributed by atoms with Gasteiger partial charge in [-0.25, -0.2) is 0 Å². The first-order valence-electron chi connectivity index (χ1n) is 33.3. The second-order valence-corrected chi connectivity index (χ2v) is 22.7. The van der Waals surface area contributed by atoms with E-state index in [1.165, 1.54) is 270 Å². The first-order valence-corrected chi connectivity index (χ1v) is 33.3. The van der Waals surface area contributed by atoms with Gasteiger partial charge in [0.15, 0.2) is 6.10 Å². The Labute approximate surface area is 462 Å². The highest BCUT2D eigenvalue weighted by Crippen LogP contribution is 2.18. The van der Waals surface area contributed by atoms with E-state index >= 15 is 0 Å². The van der Waals surface area contributed by atoms with Crippen LogP contribution in [-0.4, -0.2) is 37.2 Å². The Kier molecular flexibility index (Phi) is 61.6. The van der Waals surface area contributed by atoms with Crippen molar-refractivity contribution >= 4 is 17.9 Å². The number of carbonyl (C=O) groups excluding carboxylic acids is 3. The van der Waals surface area contributed by atoms with Gasteiger partial charge in [-0.15, -0.1) is 0 Å². The van der Waals surface area contributed by atoms with Crippen LogP contribution in [0.1, 0.15) is 374 Å². The Morgan fingerprint density at radius 3 is 0.703 bits per heavy atom. The average molecular weight is 1040 g/mol. The second kappa shape index (κ2) is 63.4. The van der Waals surface area contributed by atoms with Crippen LogP contribution in [0.4, 0.5) is 0 Å². The SMILES string of the molecule is CCCCC/C=C\CCCCCCCC(=O)OCC(COC(=O)CCCCCCCCCCCCCCCCCCCCCCCCCCCCC)OC(=O)CCCCCCCCC/C=C\CCCCCCCC. The van der Waals surface area contributed by atoms with E-state index in [9.17, 15) is 14.4 Å². The van der Waals surface area contributed by atoms with E-state index in [1.807, 2.05) is 0 Å². The van der Waals surface area contributed by atoms with Crippen molar-refractivity contribution in [2.75, 3.05) is 13.2 Å². The fourth-order valence-electron chi connectivity index (χ4n) is 10.1. The van der Waals surface area contributed by atoms with Crippen LogP contribution in [0.2, 0.25) is 0 Å². The molecule has 0 aromatic carbocycles. The van der Waals surface area contributed by atoms with E-state index in [0.717, 1.165) is 64.2 Å². The number of hydrogen-bond donors (Lipinski definition) is 0. The maximum atomic E-state index is 12.9. The molecule has 0 aliphatic carbocycles. The summed E-state index contributed by atoms with van der Waals surface area (Å²) in [5.41, 5.74) is 0. The second-order valence-electron chi connectivity index (χ2n) is 22.7. The van der Waals surface area contributed by atoms with Crippen LogP contribution in [0.5, 0.6) is 0 Å². The van der Waals surface area contributed by atoms with Crippen molar-refractivity contribution < 1.29 is 28.6 Å². The number of carbonyl (C=O) groups is 3. The van der Waals surface area contributed by atoms with Crippen molar-refractivity contribution in [3.63, 3.8) is 0 Å². The predicted molar refractivity (Wildman–Crippen MR) is 321 cm³/mol. The summed E-state index contributed by atoms with van der Waals surface area (Å²) < 4.78 is 16.9. The normalized spacial score (nSPS) is 12.1. The van der Waals surface area contributed by atoms with Crippen molar-refractivity contribution in [1.82, 2.24) is 0 Å². The molecular formula is C68H128O6. The first kappa shape index (κ1) is 71.9. The van der Waals surface area contributed by atoms with Gasteiger partial charge in [-0.3, -0.25) is 14.4 Å². The summed E-state index contributed by atoms with van der Waals surface area (Å²) in [7, 11) is 0. The number of allylic oxidation sites excluding steroid dienone is 4. The summed E-state index contributed by atoms with van der Waals surface area (Å²) in [6, 6.07) is 0. The minimum absolute atomic E-state index is 0.0708. The third-order valence-corrected chi connectivity index (χ3v) is 15.2. The lowest BCUT2D eigenvalue weighted by Crippen LogP contribution is -2.30. The fourth-order valence-corrected chi connectivity index (χ4v) is 10.1. The molecule has 0 radical (unpaired) electrons. The zero-order chi connectivity index (χ0) is 53.6. The van der Waals surface area contributed by atoms with Crippen LogP contribution in [0, 0.1) is 0 Å². The van der Waals surface area contributed by atoms with Gasteiger partial charge in [0.05, 0.1) is 0 Å². The minimum Gasteiger partial charge on any atom is -0.462 e. The van der Waals surface area contributed by atoms with Crippen LogP contribution in [0.15, 0.2) is 24.3 Å². The zero-order valence-electron chi connectivity index (χ0n) is 50.1. The Hall–Kier alpha value is -2.11. The molecule has 1 unspecified atom stereocenters. The Morgan fingerprint density at radius 1 is 0.257 bits per heavy atom. The fraction of sp³-hybridized carbons (Fsp3) is 0.897. The lowest BCUT2D eigenvalue weighted by molar-refractivity contribution is -0.167. The molecule has 0 fully saturated rings. The maximum Gasteiger partial charge on any atom is 0.306 e. The lowest BCUT2D eigenvalue weighted by atomic mass is 10.0. The summed E-state index contributed by atoms with van der Waals surface area (Å²) >= 11 is 0. The van der Waals surface area contributed by atoms with Crippen LogP contribution >= 0.6 is 0 Å². The van der Waals surface area contributed by atoms with Crippen molar-refractivity contribution in [1.29, 1.82) is 0 Å². The van der Waals surface area contributed by atoms with Gasteiger partial charge < -0.3 is 14.2 Å². The molecule has 0 spiro atoms. The minimum atomic E-state index is -0.774. The highest BCUT2D eigenvalue weighted by molar-refractivity contribution is 5.71. The molecule has 0 saturated carbocycles. The summed E-state index contributed by atoms with van der Waals surface area (Å²) in [6.45, 7) is 6.67. The van der Waals surface area contributed by atoms with E-state index in [2.05, 4.69) is 45.1 Å². The molecule has 1 atom stereocenters. The third kappa shape index (κ3) is 60.8. The highest BCUT2D eigenvalue weighted by atomic mass is 16.6. The molecule has 6 nitrogen and oxygen atoms in total. The molecule has 0 amide bonds. The number of rotatable bonds is 62. The van der Waals surface area contributed by atoms with Crippen molar-refractivity contribution in [2.24, 2.45) is 0 Å². The molecule has 6 heteroatoms. The Balaban J connectivity index is 4.17. The predicted octanol–water partition coefficient (Wildman–Crippen LogP) is 22.6. The summed E-state index contributed by atoms with van der Waals surface area (Å²) in [5.74, 6) is -0.860. The molecule has 0 aliphatic heterocycles. The van der Waals surface area contributed by atoms with Crippen LogP contribution in [0.3, 0.4) is 0 Å². The van der Waals surface area contributed by atoms with E-state index in [0.29, 0.717) is 19.3 Å². The largest absolute Gasteiger partial charge is 0.462 e. The molecule has 0 aliphatic rings. The molecule has 0 aromatic heterocycles. The van der Waals surface area contributed by atoms with Crippen LogP contribution < -0.4 is 0 Å². The Morgan fingerprint density at radius 2 is 0.446 bits per heavy atom. The summed E-state index contributed by atoms with van der Waals surface area (Å²) in [6.07, 6.45) is 76.3. The van der Waals surface area contributed by atoms with Gasteiger partial charge in [-0.05, 0) is 70.6 Å². The van der Waals surface area contributed by atoms with E-state index in [4.69, 9.17) is 14.2 Å². The molecule has 0 heterocycles. The standard InChI is InChI=1S/C68H128O6/c1-4-7-10-13-16-19-22-25-27-29-30-31-32-33-34-35-36-37-38-40-41-43-46-49-52-55-58-61-67(70)73-64-65(63-72-66(69)60-57-54-51-48-45-24-21-18-15-12-9-6-3)74-68(71)62-59-56-53-50-47-44-42-39-28-26-23-20-17-14-11-8-5-2/h18,21,26,28,65H,4-17,19-20,22-25,27,29-64H2,1-3H3/b21-18-,28-26-. The lowest BCUT2D eigenvalue weighted by Gasteiger charge is -2.18. The number of hydrogen-bond acceptors (Lipinski definition) is 6. The molecule has 0 saturated heterocycles. The van der Waals surface area contributed by atoms with E-state index in [1.54, 1.807) is 0 Å². The maximum absolute atomic E-state index is 12.9. The molecule has 74 heavy (non-hydrogen) atoms. The average Bonchev–Trinajstić information content (AvgIpc) is 3.40. The molecule has 0 rings (SSSR count). The van der Waals surface area contributed by atoms with Gasteiger partial charge in [-0.2, -0.15) is 0 Å². The highest BCUT2D eigenvalue weighted by Gasteiger charge is 2.19. The monoisotopic (exact) mass is 1040 g/mol. The number of unbranched alkanes of at least 4 members (excludes halogenated alkanes) is 47. The van der Waals surface area contributed by atoms with Gasteiger partial charge in [0.25, 0.3) is 0 Å². The van der Waals surface area contributed by atoms with Crippen molar-refractivity contribution in [3.8, 4) is 0 Å². The topological polar surface area (TPSA) is 78.9 Å². The molecule has 436 valence electrons. The van der Waals surface area contributed by atoms with Gasteiger partial charge >= 0.3 is 17.9 Å². The van der Waals surface area contributed by atoms with Gasteiger partial charge in [-0.1, -0.05) is 308 Å². The van der Waals surface area contributed by atoms with Gasteiger partial charge in [0.1, 0.15) is 13.2 Å².